The Morgan fingerprint density at radius 2 is 1.11 bits per heavy atom. The van der Waals surface area contributed by atoms with Crippen molar-refractivity contribution in [3.63, 3.8) is 0 Å². The first-order valence-electron chi connectivity index (χ1n) is 12.8. The molecule has 4 aromatic rings. The van der Waals surface area contributed by atoms with Crippen LogP contribution < -0.4 is 11.5 Å². The van der Waals surface area contributed by atoms with E-state index in [1.165, 1.54) is 21.8 Å². The van der Waals surface area contributed by atoms with E-state index < -0.39 is 77.9 Å². The number of imidazole rings is 2. The van der Waals surface area contributed by atoms with Gasteiger partial charge in [0.1, 0.15) is 60.3 Å². The Hall–Kier alpha value is -3.24. The van der Waals surface area contributed by atoms with E-state index in [2.05, 4.69) is 29.9 Å². The molecule has 0 aromatic carbocycles. The lowest BCUT2D eigenvalue weighted by atomic mass is 10.1. The van der Waals surface area contributed by atoms with Gasteiger partial charge in [-0.2, -0.15) is 0 Å². The van der Waals surface area contributed by atoms with Gasteiger partial charge in [-0.3, -0.25) is 27.2 Å². The summed E-state index contributed by atoms with van der Waals surface area (Å²) in [6.07, 6.45) is -7.30. The average Bonchev–Trinajstić information content (AvgIpc) is 3.73. The van der Waals surface area contributed by atoms with Gasteiger partial charge in [0.15, 0.2) is 35.4 Å². The minimum Gasteiger partial charge on any atom is -0.386 e. The fourth-order valence-electron chi connectivity index (χ4n) is 5.24. The van der Waals surface area contributed by atoms with Crippen molar-refractivity contribution in [2.75, 3.05) is 24.7 Å². The van der Waals surface area contributed by atoms with Crippen LogP contribution >= 0.6 is 15.6 Å². The summed E-state index contributed by atoms with van der Waals surface area (Å²) in [4.78, 5) is 45.3. The Morgan fingerprint density at radius 1 is 0.705 bits per heavy atom. The van der Waals surface area contributed by atoms with Crippen LogP contribution in [0.1, 0.15) is 12.5 Å². The van der Waals surface area contributed by atoms with Gasteiger partial charge in [0, 0.05) is 0 Å². The molecule has 3 fully saturated rings. The number of aliphatic hydroxyl groups is 2. The van der Waals surface area contributed by atoms with Crippen LogP contribution in [-0.2, 0) is 36.7 Å². The monoisotopic (exact) mass is 658 g/mol. The van der Waals surface area contributed by atoms with Gasteiger partial charge in [-0.25, -0.2) is 39.0 Å². The number of rotatable bonds is 2. The molecule has 7 rings (SSSR count). The number of nitrogen functional groups attached to an aromatic ring is 2. The second-order valence-corrected chi connectivity index (χ2v) is 12.8. The molecule has 6 unspecified atom stereocenters. The van der Waals surface area contributed by atoms with Gasteiger partial charge in [-0.15, -0.1) is 0 Å². The van der Waals surface area contributed by atoms with Crippen LogP contribution in [0.2, 0.25) is 0 Å². The Bertz CT molecular complexity index is 1690. The maximum atomic E-state index is 13.1. The van der Waals surface area contributed by atoms with Crippen molar-refractivity contribution < 1.29 is 56.7 Å². The number of phosphoric acid groups is 2. The van der Waals surface area contributed by atoms with Crippen LogP contribution in [0.15, 0.2) is 25.3 Å². The zero-order valence-electron chi connectivity index (χ0n) is 22.0. The zero-order valence-corrected chi connectivity index (χ0v) is 23.8. The zero-order chi connectivity index (χ0) is 31.0. The largest absolute Gasteiger partial charge is 0.472 e. The summed E-state index contributed by atoms with van der Waals surface area (Å²) >= 11 is 0. The van der Waals surface area contributed by atoms with Crippen molar-refractivity contribution in [3.05, 3.63) is 25.3 Å². The normalized spacial score (nSPS) is 38.3. The predicted molar refractivity (Wildman–Crippen MR) is 141 cm³/mol. The molecule has 22 nitrogen and oxygen atoms in total. The molecule has 0 bridgehead atoms. The number of ether oxygens (including phenoxy) is 2. The Balaban J connectivity index is 1.17. The summed E-state index contributed by atoms with van der Waals surface area (Å²) in [6, 6.07) is 0. The van der Waals surface area contributed by atoms with E-state index in [-0.39, 0.29) is 34.0 Å². The van der Waals surface area contributed by atoms with E-state index in [1.54, 1.807) is 0 Å². The molecule has 3 aliphatic rings. The van der Waals surface area contributed by atoms with Crippen molar-refractivity contribution in [2.24, 2.45) is 0 Å². The summed E-state index contributed by atoms with van der Waals surface area (Å²) < 4.78 is 61.2. The van der Waals surface area contributed by atoms with Crippen LogP contribution in [0.3, 0.4) is 0 Å². The first kappa shape index (κ1) is 29.5. The van der Waals surface area contributed by atoms with E-state index in [0.717, 1.165) is 12.7 Å². The highest BCUT2D eigenvalue weighted by atomic mass is 31.2. The third kappa shape index (κ3) is 5.04. The quantitative estimate of drug-likeness (QED) is 0.132. The Morgan fingerprint density at radius 3 is 1.52 bits per heavy atom. The van der Waals surface area contributed by atoms with E-state index in [4.69, 9.17) is 39.0 Å². The second kappa shape index (κ2) is 10.7. The molecule has 0 amide bonds. The molecule has 3 aliphatic heterocycles. The van der Waals surface area contributed by atoms with Crippen LogP contribution in [0.5, 0.6) is 0 Å². The molecule has 236 valence electrons. The molecule has 24 heteroatoms. The lowest BCUT2D eigenvalue weighted by Crippen LogP contribution is -2.39. The van der Waals surface area contributed by atoms with Crippen LogP contribution in [0, 0.1) is 0 Å². The molecular formula is C20H24N10O12P2. The first-order valence-corrected chi connectivity index (χ1v) is 15.8. The number of fused-ring (bicyclic) bond motifs is 4. The fourth-order valence-corrected chi connectivity index (χ4v) is 7.17. The first-order chi connectivity index (χ1) is 20.9. The van der Waals surface area contributed by atoms with E-state index in [1.807, 2.05) is 0 Å². The molecule has 0 aliphatic carbocycles. The molecule has 0 spiro atoms. The lowest BCUT2D eigenvalue weighted by molar-refractivity contribution is -0.0664. The minimum absolute atomic E-state index is 0.0507. The molecule has 0 radical (unpaired) electrons. The topological polar surface area (TPSA) is 310 Å². The van der Waals surface area contributed by atoms with Crippen LogP contribution in [0.4, 0.5) is 11.6 Å². The summed E-state index contributed by atoms with van der Waals surface area (Å²) in [6.45, 7) is -1.56. The van der Waals surface area contributed by atoms with Crippen molar-refractivity contribution in [2.45, 2.75) is 49.1 Å². The number of nitrogens with two attached hydrogens (primary N) is 2. The van der Waals surface area contributed by atoms with E-state index in [9.17, 15) is 29.1 Å². The summed E-state index contributed by atoms with van der Waals surface area (Å²) in [7, 11) is -10.0. The van der Waals surface area contributed by atoms with Crippen molar-refractivity contribution in [1.29, 1.82) is 0 Å². The molecule has 44 heavy (non-hydrogen) atoms. The number of hydrogen-bond acceptors (Lipinski definition) is 18. The summed E-state index contributed by atoms with van der Waals surface area (Å²) in [5, 5.41) is 22.2. The van der Waals surface area contributed by atoms with Gasteiger partial charge < -0.3 is 40.9 Å². The van der Waals surface area contributed by atoms with Crippen molar-refractivity contribution >= 4 is 49.6 Å². The summed E-state index contributed by atoms with van der Waals surface area (Å²) in [5.41, 5.74) is 12.4. The van der Waals surface area contributed by atoms with Crippen molar-refractivity contribution in [3.8, 4) is 0 Å². The molecule has 7 heterocycles. The lowest BCUT2D eigenvalue weighted by Gasteiger charge is -2.27. The smallest absolute Gasteiger partial charge is 0.386 e. The van der Waals surface area contributed by atoms with Gasteiger partial charge in [0.05, 0.1) is 25.9 Å². The third-order valence-electron chi connectivity index (χ3n) is 7.26. The minimum atomic E-state index is -5.00. The highest BCUT2D eigenvalue weighted by molar-refractivity contribution is 7.47. The molecule has 3 saturated heterocycles. The number of anilines is 2. The van der Waals surface area contributed by atoms with Crippen LogP contribution in [-0.4, -0.2) is 109 Å². The number of phosphoric ester groups is 2. The number of hydrogen-bond donors (Lipinski definition) is 6. The van der Waals surface area contributed by atoms with E-state index in [0.29, 0.717) is 0 Å². The van der Waals surface area contributed by atoms with Gasteiger partial charge in [0.2, 0.25) is 0 Å². The standard InChI is InChI=1S/C20H24N10O12P2/c21-15-9-17(25-3-23-15)29(5-27-9)19-11(31)13-7(39-19)1-37-43(33,34)42-14-8(2-38-44(35,36)41-13)40-20(12(14)32)30-6-28-10-16(22)24-4-26-18(10)30/h3-8,11-14,19-20,31-32H,1-2H2,(H,33,34)(H,35,36)(H2,21,23,25)(H2,22,24,26)/t7-,8-,11?,12?,13-,14+,19?,20?/m1/s1. The second-order valence-electron chi connectivity index (χ2n) is 9.95. The third-order valence-corrected chi connectivity index (χ3v) is 9.23. The maximum Gasteiger partial charge on any atom is 0.472 e. The predicted octanol–water partition coefficient (Wildman–Crippen LogP) is -1.63. The highest BCUT2D eigenvalue weighted by Gasteiger charge is 2.54. The Labute approximate surface area is 244 Å². The maximum absolute atomic E-state index is 13.1. The van der Waals surface area contributed by atoms with Gasteiger partial charge in [-0.1, -0.05) is 0 Å². The number of aliphatic hydroxyl groups excluding tert-OH is 2. The summed E-state index contributed by atoms with van der Waals surface area (Å²) in [5.74, 6) is 0.101. The average molecular weight is 658 g/mol. The Kier molecular flexibility index (Phi) is 7.16. The molecule has 4 aromatic heterocycles. The van der Waals surface area contributed by atoms with Gasteiger partial charge in [0.25, 0.3) is 0 Å². The molecule has 0 saturated carbocycles. The fraction of sp³-hybridized carbons (Fsp3) is 0.500. The van der Waals surface area contributed by atoms with Gasteiger partial charge >= 0.3 is 15.6 Å². The van der Waals surface area contributed by atoms with Crippen molar-refractivity contribution in [1.82, 2.24) is 39.0 Å². The van der Waals surface area contributed by atoms with Crippen LogP contribution in [0.25, 0.3) is 22.3 Å². The SMILES string of the molecule is Nc1ncnc2c1ncn2C1O[C@@H]2COP(=O)(O)O[C@H]3C(O)C(n4cnc5c(N)ncnc54)O[C@@H]3COP(=O)(O)O[C@@H]2C1O. The van der Waals surface area contributed by atoms with Gasteiger partial charge in [-0.05, 0) is 0 Å². The number of aromatic nitrogens is 8. The molecular weight excluding hydrogens is 634 g/mol. The number of nitrogens with zero attached hydrogens (tertiary/aromatic N) is 8. The molecule has 8 N–H and O–H groups in total. The molecule has 10 atom stereocenters. The highest BCUT2D eigenvalue weighted by Crippen LogP contribution is 2.53. The van der Waals surface area contributed by atoms with E-state index >= 15 is 0 Å².